The van der Waals surface area contributed by atoms with E-state index in [-0.39, 0.29) is 17.6 Å². The number of rotatable bonds is 7. The number of methoxy groups -OCH3 is 1. The van der Waals surface area contributed by atoms with Gasteiger partial charge in [-0.2, -0.15) is 0 Å². The van der Waals surface area contributed by atoms with Crippen molar-refractivity contribution in [1.82, 2.24) is 4.90 Å². The maximum Gasteiger partial charge on any atom is 0.254 e. The third-order valence-corrected chi connectivity index (χ3v) is 4.90. The summed E-state index contributed by atoms with van der Waals surface area (Å²) in [5, 5.41) is 0. The number of piperidine rings is 1. The predicted molar refractivity (Wildman–Crippen MR) is 108 cm³/mol. The quantitative estimate of drug-likeness (QED) is 0.539. The lowest BCUT2D eigenvalue weighted by molar-refractivity contribution is 0.0636. The Kier molecular flexibility index (Phi) is 6.48. The lowest BCUT2D eigenvalue weighted by Gasteiger charge is -2.32. The molecule has 146 valence electrons. The van der Waals surface area contributed by atoms with E-state index < -0.39 is 0 Å². The van der Waals surface area contributed by atoms with Gasteiger partial charge in [-0.3, -0.25) is 9.59 Å². The van der Waals surface area contributed by atoms with Gasteiger partial charge in [0.15, 0.2) is 5.78 Å². The normalized spacial score (nSPS) is 16.3. The number of Topliss-reactive ketones (excluding diaryl/α,β-unsaturated/α-hetero) is 1. The summed E-state index contributed by atoms with van der Waals surface area (Å²) >= 11 is 0. The molecule has 0 aromatic heterocycles. The van der Waals surface area contributed by atoms with Crippen LogP contribution in [0.5, 0.6) is 11.5 Å². The molecule has 0 aliphatic carbocycles. The number of ketones is 1. The van der Waals surface area contributed by atoms with Gasteiger partial charge in [0.2, 0.25) is 0 Å². The third-order valence-electron chi connectivity index (χ3n) is 4.90. The molecular weight excluding hydrogens is 354 g/mol. The van der Waals surface area contributed by atoms with Crippen LogP contribution in [0.4, 0.5) is 0 Å². The maximum absolute atomic E-state index is 13.0. The first-order chi connectivity index (χ1) is 13.6. The van der Waals surface area contributed by atoms with Crippen molar-refractivity contribution in [3.63, 3.8) is 0 Å². The monoisotopic (exact) mass is 379 g/mol. The molecule has 0 bridgehead atoms. The van der Waals surface area contributed by atoms with Crippen LogP contribution in [-0.2, 0) is 0 Å². The summed E-state index contributed by atoms with van der Waals surface area (Å²) in [4.78, 5) is 27.7. The van der Waals surface area contributed by atoms with Crippen molar-refractivity contribution in [3.05, 3.63) is 72.3 Å². The Morgan fingerprint density at radius 2 is 2.04 bits per heavy atom. The lowest BCUT2D eigenvalue weighted by Crippen LogP contribution is -2.42. The van der Waals surface area contributed by atoms with E-state index in [2.05, 4.69) is 6.58 Å². The second-order valence-corrected chi connectivity index (χ2v) is 6.78. The van der Waals surface area contributed by atoms with Gasteiger partial charge in [-0.15, -0.1) is 0 Å². The zero-order valence-electron chi connectivity index (χ0n) is 16.1. The van der Waals surface area contributed by atoms with Crippen molar-refractivity contribution in [2.75, 3.05) is 26.8 Å². The van der Waals surface area contributed by atoms with Crippen LogP contribution < -0.4 is 9.47 Å². The lowest BCUT2D eigenvalue weighted by atomic mass is 9.89. The van der Waals surface area contributed by atoms with Crippen LogP contribution in [-0.4, -0.2) is 43.4 Å². The molecule has 28 heavy (non-hydrogen) atoms. The van der Waals surface area contributed by atoms with Gasteiger partial charge < -0.3 is 14.4 Å². The number of hydrogen-bond acceptors (Lipinski definition) is 4. The first-order valence-electron chi connectivity index (χ1n) is 9.44. The molecule has 2 aromatic rings. The van der Waals surface area contributed by atoms with E-state index in [1.54, 1.807) is 48.4 Å². The Bertz CT molecular complexity index is 861. The number of amides is 1. The van der Waals surface area contributed by atoms with Crippen molar-refractivity contribution in [2.45, 2.75) is 12.8 Å². The fourth-order valence-corrected chi connectivity index (χ4v) is 3.50. The Balaban J connectivity index is 1.73. The molecule has 1 aliphatic rings. The molecule has 0 spiro atoms. The van der Waals surface area contributed by atoms with E-state index in [1.165, 1.54) is 0 Å². The van der Waals surface area contributed by atoms with Crippen molar-refractivity contribution in [2.24, 2.45) is 5.92 Å². The molecular formula is C23H25NO4. The zero-order chi connectivity index (χ0) is 19.9. The van der Waals surface area contributed by atoms with Gasteiger partial charge in [0.25, 0.3) is 5.91 Å². The van der Waals surface area contributed by atoms with Crippen LogP contribution >= 0.6 is 0 Å². The van der Waals surface area contributed by atoms with Crippen LogP contribution in [0.3, 0.4) is 0 Å². The van der Waals surface area contributed by atoms with Crippen molar-refractivity contribution in [3.8, 4) is 11.5 Å². The summed E-state index contributed by atoms with van der Waals surface area (Å²) in [6, 6.07) is 14.4. The predicted octanol–water partition coefficient (Wildman–Crippen LogP) is 4.00. The fraction of sp³-hybridized carbons (Fsp3) is 0.304. The first-order valence-corrected chi connectivity index (χ1v) is 9.44. The Morgan fingerprint density at radius 3 is 2.82 bits per heavy atom. The molecule has 1 fully saturated rings. The van der Waals surface area contributed by atoms with Crippen LogP contribution in [0.15, 0.2) is 61.2 Å². The number of nitrogens with zero attached hydrogens (tertiary/aromatic N) is 1. The van der Waals surface area contributed by atoms with Crippen LogP contribution in [0.1, 0.15) is 33.6 Å². The molecule has 1 heterocycles. The molecule has 5 heteroatoms. The van der Waals surface area contributed by atoms with Gasteiger partial charge >= 0.3 is 0 Å². The highest BCUT2D eigenvalue weighted by Crippen LogP contribution is 2.27. The number of likely N-dealkylation sites (tertiary alicyclic amines) is 1. The minimum atomic E-state index is -0.228. The van der Waals surface area contributed by atoms with Crippen molar-refractivity contribution >= 4 is 11.7 Å². The molecule has 1 saturated heterocycles. The number of para-hydroxylation sites is 1. The zero-order valence-corrected chi connectivity index (χ0v) is 16.1. The third kappa shape index (κ3) is 4.42. The average Bonchev–Trinajstić information content (AvgIpc) is 2.76. The Labute approximate surface area is 165 Å². The molecule has 5 nitrogen and oxygen atoms in total. The largest absolute Gasteiger partial charge is 0.496 e. The number of ether oxygens (including phenoxy) is 2. The smallest absolute Gasteiger partial charge is 0.254 e. The summed E-state index contributed by atoms with van der Waals surface area (Å²) in [6.07, 6.45) is 3.22. The second-order valence-electron chi connectivity index (χ2n) is 6.78. The van der Waals surface area contributed by atoms with E-state index in [4.69, 9.17) is 9.47 Å². The molecule has 1 atom stereocenters. The molecule has 0 unspecified atom stereocenters. The van der Waals surface area contributed by atoms with Gasteiger partial charge in [-0.1, -0.05) is 30.9 Å². The maximum atomic E-state index is 13.0. The van der Waals surface area contributed by atoms with Crippen LogP contribution in [0.2, 0.25) is 0 Å². The first kappa shape index (κ1) is 19.7. The number of carbonyl (C=O) groups excluding carboxylic acids is 2. The minimum absolute atomic E-state index is 0.0259. The van der Waals surface area contributed by atoms with Crippen molar-refractivity contribution < 1.29 is 19.1 Å². The molecule has 0 radical (unpaired) electrons. The van der Waals surface area contributed by atoms with E-state index >= 15 is 0 Å². The summed E-state index contributed by atoms with van der Waals surface area (Å²) in [7, 11) is 1.56. The van der Waals surface area contributed by atoms with E-state index in [1.807, 2.05) is 18.2 Å². The minimum Gasteiger partial charge on any atom is -0.496 e. The highest BCUT2D eigenvalue weighted by molar-refractivity contribution is 6.01. The standard InChI is InChI=1S/C23H25NO4/c1-3-14-28-19-10-6-8-17(15-19)23(26)24-13-7-9-18(16-24)22(25)20-11-4-5-12-21(20)27-2/h3-6,8,10-12,15,18H,1,7,9,13-14,16H2,2H3/t18-/m1/s1. The van der Waals surface area contributed by atoms with E-state index in [9.17, 15) is 9.59 Å². The Hall–Kier alpha value is -3.08. The molecule has 0 saturated carbocycles. The van der Waals surface area contributed by atoms with Gasteiger partial charge in [0.05, 0.1) is 12.7 Å². The molecule has 2 aromatic carbocycles. The van der Waals surface area contributed by atoms with E-state index in [0.717, 1.165) is 12.8 Å². The number of hydrogen-bond donors (Lipinski definition) is 0. The highest BCUT2D eigenvalue weighted by Gasteiger charge is 2.30. The van der Waals surface area contributed by atoms with Gasteiger partial charge in [0, 0.05) is 24.6 Å². The fourth-order valence-electron chi connectivity index (χ4n) is 3.50. The van der Waals surface area contributed by atoms with E-state index in [0.29, 0.717) is 42.3 Å². The molecule has 0 N–H and O–H groups in total. The summed E-state index contributed by atoms with van der Waals surface area (Å²) in [6.45, 7) is 5.07. The molecule has 1 amide bonds. The second kappa shape index (κ2) is 9.22. The number of carbonyl (C=O) groups is 2. The Morgan fingerprint density at radius 1 is 1.21 bits per heavy atom. The van der Waals surface area contributed by atoms with Gasteiger partial charge in [0.1, 0.15) is 18.1 Å². The van der Waals surface area contributed by atoms with Gasteiger partial charge in [-0.05, 0) is 43.2 Å². The van der Waals surface area contributed by atoms with Crippen LogP contribution in [0.25, 0.3) is 0 Å². The average molecular weight is 379 g/mol. The summed E-state index contributed by atoms with van der Waals surface area (Å²) in [5.74, 6) is 0.918. The summed E-state index contributed by atoms with van der Waals surface area (Å²) < 4.78 is 10.8. The molecule has 1 aliphatic heterocycles. The van der Waals surface area contributed by atoms with Gasteiger partial charge in [-0.25, -0.2) is 0 Å². The van der Waals surface area contributed by atoms with Crippen LogP contribution in [0, 0.1) is 5.92 Å². The van der Waals surface area contributed by atoms with Crippen molar-refractivity contribution in [1.29, 1.82) is 0 Å². The molecule has 3 rings (SSSR count). The highest BCUT2D eigenvalue weighted by atomic mass is 16.5. The number of benzene rings is 2. The summed E-state index contributed by atoms with van der Waals surface area (Å²) in [5.41, 5.74) is 1.14. The topological polar surface area (TPSA) is 55.8 Å². The SMILES string of the molecule is C=CCOc1cccc(C(=O)N2CCC[C@@H](C(=O)c3ccccc3OC)C2)c1.